The Hall–Kier alpha value is -2.67. The fraction of sp³-hybridized carbons (Fsp3) is 0.500. The Labute approximate surface area is 170 Å². The smallest absolute Gasteiger partial charge is 0.253 e. The highest BCUT2D eigenvalue weighted by molar-refractivity contribution is 5.94. The molecule has 1 saturated carbocycles. The summed E-state index contributed by atoms with van der Waals surface area (Å²) in [6.07, 6.45) is 7.97. The first-order valence-electron chi connectivity index (χ1n) is 10.4. The van der Waals surface area contributed by atoms with Crippen LogP contribution in [0.1, 0.15) is 35.2 Å². The van der Waals surface area contributed by atoms with Crippen LogP contribution in [0.25, 0.3) is 0 Å². The van der Waals surface area contributed by atoms with E-state index in [1.165, 1.54) is 0 Å². The summed E-state index contributed by atoms with van der Waals surface area (Å²) in [7, 11) is 0. The SMILES string of the molecule is O=C(c1ccc2c(c1)CCCO2)N1C[C@H]2C[C@@H](Nc3cnccn3)[C@H](O)C[C@H]2C1. The molecule has 1 saturated heterocycles. The predicted molar refractivity (Wildman–Crippen MR) is 108 cm³/mol. The molecule has 0 unspecified atom stereocenters. The number of hydrogen-bond acceptors (Lipinski definition) is 6. The van der Waals surface area contributed by atoms with Crippen molar-refractivity contribution in [1.29, 1.82) is 0 Å². The lowest BCUT2D eigenvalue weighted by molar-refractivity contribution is 0.0727. The van der Waals surface area contributed by atoms with Crippen molar-refractivity contribution in [1.82, 2.24) is 14.9 Å². The summed E-state index contributed by atoms with van der Waals surface area (Å²) >= 11 is 0. The second kappa shape index (κ2) is 7.63. The first-order chi connectivity index (χ1) is 14.2. The maximum atomic E-state index is 13.1. The Bertz CT molecular complexity index is 891. The van der Waals surface area contributed by atoms with Gasteiger partial charge in [-0.3, -0.25) is 9.78 Å². The van der Waals surface area contributed by atoms with E-state index < -0.39 is 6.10 Å². The maximum absolute atomic E-state index is 13.1. The minimum absolute atomic E-state index is 0.0658. The number of aliphatic hydroxyl groups excluding tert-OH is 1. The second-order valence-electron chi connectivity index (χ2n) is 8.39. The molecule has 3 heterocycles. The molecule has 0 spiro atoms. The quantitative estimate of drug-likeness (QED) is 0.829. The van der Waals surface area contributed by atoms with E-state index in [4.69, 9.17) is 4.74 Å². The normalized spacial score (nSPS) is 28.2. The number of aliphatic hydroxyl groups is 1. The van der Waals surface area contributed by atoms with Crippen molar-refractivity contribution >= 4 is 11.7 Å². The van der Waals surface area contributed by atoms with Crippen LogP contribution in [0.3, 0.4) is 0 Å². The van der Waals surface area contributed by atoms with Gasteiger partial charge in [0.05, 0.1) is 24.9 Å². The number of hydrogen-bond donors (Lipinski definition) is 2. The Morgan fingerprint density at radius 3 is 2.90 bits per heavy atom. The Balaban J connectivity index is 1.26. The summed E-state index contributed by atoms with van der Waals surface area (Å²) in [6.45, 7) is 2.20. The molecule has 7 heteroatoms. The van der Waals surface area contributed by atoms with E-state index in [1.807, 2.05) is 23.1 Å². The van der Waals surface area contributed by atoms with Crippen molar-refractivity contribution in [2.24, 2.45) is 11.8 Å². The minimum atomic E-state index is -0.450. The third kappa shape index (κ3) is 3.67. The number of carbonyl (C=O) groups is 1. The Morgan fingerprint density at radius 1 is 1.21 bits per heavy atom. The Morgan fingerprint density at radius 2 is 2.07 bits per heavy atom. The summed E-state index contributed by atoms with van der Waals surface area (Å²) in [5.41, 5.74) is 1.87. The number of benzene rings is 1. The third-order valence-electron chi connectivity index (χ3n) is 6.48. The van der Waals surface area contributed by atoms with E-state index in [9.17, 15) is 9.90 Å². The third-order valence-corrected chi connectivity index (χ3v) is 6.48. The highest BCUT2D eigenvalue weighted by atomic mass is 16.5. The molecule has 4 atom stereocenters. The maximum Gasteiger partial charge on any atom is 0.253 e. The van der Waals surface area contributed by atoms with Gasteiger partial charge in [0.1, 0.15) is 11.6 Å². The predicted octanol–water partition coefficient (Wildman–Crippen LogP) is 2.13. The van der Waals surface area contributed by atoms with E-state index in [0.717, 1.165) is 49.3 Å². The molecule has 0 bridgehead atoms. The average Bonchev–Trinajstić information content (AvgIpc) is 3.16. The van der Waals surface area contributed by atoms with Crippen LogP contribution in [0.5, 0.6) is 5.75 Å². The fourth-order valence-electron chi connectivity index (χ4n) is 4.99. The van der Waals surface area contributed by atoms with E-state index in [-0.39, 0.29) is 11.9 Å². The zero-order valence-corrected chi connectivity index (χ0v) is 16.3. The number of aromatic nitrogens is 2. The number of fused-ring (bicyclic) bond motifs is 2. The van der Waals surface area contributed by atoms with Crippen molar-refractivity contribution in [2.45, 2.75) is 37.8 Å². The highest BCUT2D eigenvalue weighted by Crippen LogP contribution is 2.38. The summed E-state index contributed by atoms with van der Waals surface area (Å²) in [5, 5.41) is 13.9. The number of nitrogens with one attached hydrogen (secondary N) is 1. The average molecular weight is 394 g/mol. The molecular formula is C22H26N4O3. The van der Waals surface area contributed by atoms with Crippen LogP contribution < -0.4 is 10.1 Å². The Kier molecular flexibility index (Phi) is 4.83. The largest absolute Gasteiger partial charge is 0.493 e. The van der Waals surface area contributed by atoms with Gasteiger partial charge in [-0.1, -0.05) is 0 Å². The van der Waals surface area contributed by atoms with E-state index in [2.05, 4.69) is 15.3 Å². The highest BCUT2D eigenvalue weighted by Gasteiger charge is 2.43. The molecule has 1 aliphatic carbocycles. The van der Waals surface area contributed by atoms with Crippen LogP contribution in [0.15, 0.2) is 36.8 Å². The molecule has 2 fully saturated rings. The summed E-state index contributed by atoms with van der Waals surface area (Å²) in [4.78, 5) is 23.4. The van der Waals surface area contributed by atoms with Crippen molar-refractivity contribution in [3.05, 3.63) is 47.9 Å². The number of rotatable bonds is 3. The molecule has 152 valence electrons. The lowest BCUT2D eigenvalue weighted by atomic mass is 9.77. The van der Waals surface area contributed by atoms with Crippen molar-refractivity contribution in [3.63, 3.8) is 0 Å². The lowest BCUT2D eigenvalue weighted by Gasteiger charge is -2.35. The van der Waals surface area contributed by atoms with Gasteiger partial charge in [0, 0.05) is 31.0 Å². The molecule has 3 aliphatic rings. The molecule has 1 amide bonds. The van der Waals surface area contributed by atoms with Gasteiger partial charge >= 0.3 is 0 Å². The van der Waals surface area contributed by atoms with Gasteiger partial charge in [0.15, 0.2) is 0 Å². The van der Waals surface area contributed by atoms with Crippen molar-refractivity contribution in [2.75, 3.05) is 25.0 Å². The summed E-state index contributed by atoms with van der Waals surface area (Å²) in [6, 6.07) is 5.73. The zero-order chi connectivity index (χ0) is 19.8. The van der Waals surface area contributed by atoms with Crippen LogP contribution >= 0.6 is 0 Å². The topological polar surface area (TPSA) is 87.6 Å². The number of aryl methyl sites for hydroxylation is 1. The van der Waals surface area contributed by atoms with Gasteiger partial charge < -0.3 is 20.1 Å². The lowest BCUT2D eigenvalue weighted by Crippen LogP contribution is -2.43. The van der Waals surface area contributed by atoms with Crippen molar-refractivity contribution in [3.8, 4) is 5.75 Å². The van der Waals surface area contributed by atoms with Gasteiger partial charge in [-0.15, -0.1) is 0 Å². The molecule has 5 rings (SSSR count). The van der Waals surface area contributed by atoms with Crippen LogP contribution in [-0.2, 0) is 6.42 Å². The molecule has 7 nitrogen and oxygen atoms in total. The van der Waals surface area contributed by atoms with E-state index in [0.29, 0.717) is 30.6 Å². The summed E-state index contributed by atoms with van der Waals surface area (Å²) in [5.74, 6) is 2.40. The van der Waals surface area contributed by atoms with Gasteiger partial charge in [-0.05, 0) is 61.3 Å². The van der Waals surface area contributed by atoms with Crippen molar-refractivity contribution < 1.29 is 14.6 Å². The number of likely N-dealkylation sites (tertiary alicyclic amines) is 1. The second-order valence-corrected chi connectivity index (χ2v) is 8.39. The summed E-state index contributed by atoms with van der Waals surface area (Å²) < 4.78 is 5.66. The molecule has 2 N–H and O–H groups in total. The molecule has 2 aromatic rings. The monoisotopic (exact) mass is 394 g/mol. The fourth-order valence-corrected chi connectivity index (χ4v) is 4.99. The molecule has 1 aromatic heterocycles. The van der Waals surface area contributed by atoms with Crippen LogP contribution in [-0.4, -0.2) is 57.7 Å². The van der Waals surface area contributed by atoms with Crippen LogP contribution in [0.2, 0.25) is 0 Å². The van der Waals surface area contributed by atoms with E-state index >= 15 is 0 Å². The number of anilines is 1. The molecule has 29 heavy (non-hydrogen) atoms. The van der Waals surface area contributed by atoms with Gasteiger partial charge in [0.25, 0.3) is 5.91 Å². The minimum Gasteiger partial charge on any atom is -0.493 e. The number of amides is 1. The molecule has 2 aliphatic heterocycles. The first kappa shape index (κ1) is 18.4. The molecule has 0 radical (unpaired) electrons. The van der Waals surface area contributed by atoms with Gasteiger partial charge in [-0.25, -0.2) is 4.98 Å². The number of nitrogens with zero attached hydrogens (tertiary/aromatic N) is 3. The van der Waals surface area contributed by atoms with Crippen LogP contribution in [0, 0.1) is 11.8 Å². The zero-order valence-electron chi connectivity index (χ0n) is 16.3. The van der Waals surface area contributed by atoms with Gasteiger partial charge in [0.2, 0.25) is 0 Å². The van der Waals surface area contributed by atoms with E-state index in [1.54, 1.807) is 18.6 Å². The molecule has 1 aromatic carbocycles. The number of ether oxygens (including phenoxy) is 1. The molecular weight excluding hydrogens is 368 g/mol. The van der Waals surface area contributed by atoms with Gasteiger partial charge in [-0.2, -0.15) is 0 Å². The van der Waals surface area contributed by atoms with Crippen LogP contribution in [0.4, 0.5) is 5.82 Å². The standard InChI is InChI=1S/C22H26N4O3/c27-19-10-17-13-26(12-16(17)9-18(19)25-21-11-23-5-6-24-21)22(28)15-3-4-20-14(8-15)2-1-7-29-20/h3-6,8,11,16-19,27H,1-2,7,9-10,12-13H2,(H,24,25)/t16-,17+,18-,19-/m1/s1. The first-order valence-corrected chi connectivity index (χ1v) is 10.4. The number of carbonyl (C=O) groups excluding carboxylic acids is 1.